The number of aliphatic imine (C=N–C) groups is 1. The van der Waals surface area contributed by atoms with Crippen LogP contribution < -0.4 is 5.32 Å². The lowest BCUT2D eigenvalue weighted by Gasteiger charge is -2.39. The lowest BCUT2D eigenvalue weighted by atomic mass is 10.1. The number of hydrogen-bond donors (Lipinski definition) is 1. The highest BCUT2D eigenvalue weighted by atomic mass is 32.2. The van der Waals surface area contributed by atoms with Crippen LogP contribution in [0.15, 0.2) is 16.4 Å². The number of rotatable bonds is 2. The van der Waals surface area contributed by atoms with Gasteiger partial charge in [0.1, 0.15) is 0 Å². The Hall–Kier alpha value is -1.21. The topological polar surface area (TPSA) is 47.9 Å². The van der Waals surface area contributed by atoms with Gasteiger partial charge in [0.05, 0.1) is 6.54 Å². The molecule has 0 radical (unpaired) electrons. The summed E-state index contributed by atoms with van der Waals surface area (Å²) in [4.78, 5) is 22.6. The zero-order valence-corrected chi connectivity index (χ0v) is 16.3. The van der Waals surface area contributed by atoms with Crippen LogP contribution in [0, 0.1) is 0 Å². The summed E-state index contributed by atoms with van der Waals surface area (Å²) in [5, 5.41) is 5.39. The number of carbonyl (C=O) groups is 1. The highest BCUT2D eigenvalue weighted by Gasteiger charge is 2.29. The van der Waals surface area contributed by atoms with E-state index in [9.17, 15) is 4.79 Å². The molecule has 2 aliphatic heterocycles. The van der Waals surface area contributed by atoms with Gasteiger partial charge in [-0.1, -0.05) is 0 Å². The summed E-state index contributed by atoms with van der Waals surface area (Å²) < 4.78 is 0.224. The smallest absolute Gasteiger partial charge is 0.242 e. The van der Waals surface area contributed by atoms with E-state index < -0.39 is 0 Å². The van der Waals surface area contributed by atoms with Crippen molar-refractivity contribution in [3.63, 3.8) is 0 Å². The molecule has 1 N–H and O–H groups in total. The first-order valence-electron chi connectivity index (χ1n) is 8.41. The van der Waals surface area contributed by atoms with Crippen LogP contribution in [0.25, 0.3) is 0 Å². The predicted octanol–water partition coefficient (Wildman–Crippen LogP) is 2.04. The molecule has 2 aliphatic rings. The molecule has 0 saturated carbocycles. The second-order valence-electron chi connectivity index (χ2n) is 6.86. The van der Waals surface area contributed by atoms with Crippen LogP contribution in [0.4, 0.5) is 0 Å². The second kappa shape index (κ2) is 7.35. The minimum Gasteiger partial charge on any atom is -0.347 e. The quantitative estimate of drug-likeness (QED) is 0.643. The lowest BCUT2D eigenvalue weighted by molar-refractivity contribution is -0.130. The van der Waals surface area contributed by atoms with E-state index >= 15 is 0 Å². The van der Waals surface area contributed by atoms with Crippen molar-refractivity contribution in [2.24, 2.45) is 4.99 Å². The Labute approximate surface area is 152 Å². The molecule has 1 aromatic rings. The number of nitrogens with zero attached hydrogens (tertiary/aromatic N) is 3. The van der Waals surface area contributed by atoms with Crippen molar-refractivity contribution in [2.75, 3.05) is 39.0 Å². The molecule has 0 atom stereocenters. The number of amides is 1. The molecule has 1 saturated heterocycles. The van der Waals surface area contributed by atoms with E-state index in [0.717, 1.165) is 44.3 Å². The van der Waals surface area contributed by atoms with Gasteiger partial charge in [-0.2, -0.15) is 11.8 Å². The van der Waals surface area contributed by atoms with Gasteiger partial charge in [-0.3, -0.25) is 9.79 Å². The molecule has 0 spiro atoms. The fraction of sp³-hybridized carbons (Fsp3) is 0.647. The summed E-state index contributed by atoms with van der Waals surface area (Å²) in [6.07, 6.45) is 0.977. The van der Waals surface area contributed by atoms with Crippen LogP contribution in [0.3, 0.4) is 0 Å². The first-order chi connectivity index (χ1) is 11.5. The van der Waals surface area contributed by atoms with Gasteiger partial charge < -0.3 is 15.1 Å². The fourth-order valence-corrected chi connectivity index (χ4v) is 5.26. The van der Waals surface area contributed by atoms with E-state index in [2.05, 4.69) is 40.5 Å². The molecule has 132 valence electrons. The predicted molar refractivity (Wildman–Crippen MR) is 103 cm³/mol. The molecule has 0 bridgehead atoms. The summed E-state index contributed by atoms with van der Waals surface area (Å²) in [5.41, 5.74) is 1.30. The summed E-state index contributed by atoms with van der Waals surface area (Å²) in [6, 6.07) is 2.14. The third-order valence-electron chi connectivity index (χ3n) is 4.50. The van der Waals surface area contributed by atoms with Gasteiger partial charge in [-0.15, -0.1) is 11.3 Å². The van der Waals surface area contributed by atoms with Gasteiger partial charge in [0.2, 0.25) is 5.91 Å². The molecule has 5 nitrogen and oxygen atoms in total. The lowest BCUT2D eigenvalue weighted by Crippen LogP contribution is -2.52. The monoisotopic (exact) mass is 366 g/mol. The van der Waals surface area contributed by atoms with Gasteiger partial charge in [0.15, 0.2) is 5.96 Å². The maximum absolute atomic E-state index is 12.5. The summed E-state index contributed by atoms with van der Waals surface area (Å²) in [6.45, 7) is 8.32. The van der Waals surface area contributed by atoms with Gasteiger partial charge in [0.25, 0.3) is 0 Å². The van der Waals surface area contributed by atoms with Crippen molar-refractivity contribution in [3.8, 4) is 0 Å². The highest BCUT2D eigenvalue weighted by molar-refractivity contribution is 8.00. The van der Waals surface area contributed by atoms with Crippen LogP contribution in [0.5, 0.6) is 0 Å². The molecule has 0 unspecified atom stereocenters. The van der Waals surface area contributed by atoms with Crippen molar-refractivity contribution < 1.29 is 4.79 Å². The van der Waals surface area contributed by atoms with Crippen LogP contribution in [0.2, 0.25) is 0 Å². The van der Waals surface area contributed by atoms with E-state index in [1.807, 2.05) is 16.7 Å². The van der Waals surface area contributed by atoms with Gasteiger partial charge in [-0.25, -0.2) is 0 Å². The molecule has 0 aromatic carbocycles. The first kappa shape index (κ1) is 17.6. The van der Waals surface area contributed by atoms with E-state index in [1.54, 1.807) is 18.4 Å². The molecule has 3 heterocycles. The van der Waals surface area contributed by atoms with E-state index in [-0.39, 0.29) is 10.7 Å². The van der Waals surface area contributed by atoms with Crippen LogP contribution >= 0.6 is 23.1 Å². The molecular formula is C17H26N4OS2. The van der Waals surface area contributed by atoms with E-state index in [0.29, 0.717) is 6.54 Å². The summed E-state index contributed by atoms with van der Waals surface area (Å²) in [7, 11) is 1.79. The molecule has 0 aliphatic carbocycles. The largest absolute Gasteiger partial charge is 0.347 e. The molecule has 1 aromatic heterocycles. The highest BCUT2D eigenvalue weighted by Crippen LogP contribution is 2.29. The number of hydrogen-bond acceptors (Lipinski definition) is 4. The zero-order valence-electron chi connectivity index (χ0n) is 14.7. The Kier molecular flexibility index (Phi) is 5.39. The third kappa shape index (κ3) is 4.06. The van der Waals surface area contributed by atoms with Crippen molar-refractivity contribution in [3.05, 3.63) is 21.9 Å². The van der Waals surface area contributed by atoms with Crippen molar-refractivity contribution in [1.29, 1.82) is 0 Å². The Morgan fingerprint density at radius 1 is 1.38 bits per heavy atom. The van der Waals surface area contributed by atoms with Crippen molar-refractivity contribution in [1.82, 2.24) is 15.1 Å². The van der Waals surface area contributed by atoms with Crippen LogP contribution in [-0.4, -0.2) is 65.4 Å². The summed E-state index contributed by atoms with van der Waals surface area (Å²) >= 11 is 3.79. The van der Waals surface area contributed by atoms with Crippen molar-refractivity contribution in [2.45, 2.75) is 31.6 Å². The Morgan fingerprint density at radius 2 is 2.21 bits per heavy atom. The van der Waals surface area contributed by atoms with Crippen LogP contribution in [-0.2, 0) is 17.8 Å². The van der Waals surface area contributed by atoms with E-state index in [4.69, 9.17) is 0 Å². The molecule has 3 rings (SSSR count). The number of guanidine groups is 1. The number of fused-ring (bicyclic) bond motifs is 1. The number of thioether (sulfide) groups is 1. The van der Waals surface area contributed by atoms with Gasteiger partial charge in [-0.05, 0) is 37.3 Å². The standard InChI is InChI=1S/C17H26N4OS2/c1-17(2)12-21(7-9-24-17)16(18-3)19-10-15(22)20-6-4-14-13(11-20)5-8-23-14/h5,8H,4,6-7,9-12H2,1-3H3,(H,18,19). The molecule has 7 heteroatoms. The minimum absolute atomic E-state index is 0.152. The first-order valence-corrected chi connectivity index (χ1v) is 10.3. The average molecular weight is 367 g/mol. The number of nitrogens with one attached hydrogen (secondary N) is 1. The molecule has 1 fully saturated rings. The summed E-state index contributed by atoms with van der Waals surface area (Å²) in [5.74, 6) is 2.08. The van der Waals surface area contributed by atoms with Gasteiger partial charge in [0, 0.05) is 48.6 Å². The van der Waals surface area contributed by atoms with Crippen LogP contribution in [0.1, 0.15) is 24.3 Å². The number of carbonyl (C=O) groups excluding carboxylic acids is 1. The van der Waals surface area contributed by atoms with Crippen molar-refractivity contribution >= 4 is 35.0 Å². The Balaban J connectivity index is 1.53. The number of thiophene rings is 1. The normalized spacial score (nSPS) is 20.7. The third-order valence-corrected chi connectivity index (χ3v) is 6.82. The molecular weight excluding hydrogens is 340 g/mol. The molecule has 1 amide bonds. The maximum Gasteiger partial charge on any atom is 0.242 e. The second-order valence-corrected chi connectivity index (χ2v) is 9.67. The fourth-order valence-electron chi connectivity index (χ4n) is 3.26. The zero-order chi connectivity index (χ0) is 17.2. The van der Waals surface area contributed by atoms with Gasteiger partial charge >= 0.3 is 0 Å². The SMILES string of the molecule is CN=C(NCC(=O)N1CCc2sccc2C1)N1CCSC(C)(C)C1. The average Bonchev–Trinajstić information content (AvgIpc) is 3.02. The molecule has 24 heavy (non-hydrogen) atoms. The Morgan fingerprint density at radius 3 is 2.96 bits per heavy atom. The maximum atomic E-state index is 12.5. The van der Waals surface area contributed by atoms with E-state index in [1.165, 1.54) is 10.4 Å². The Bertz CT molecular complexity index is 626. The minimum atomic E-state index is 0.152.